The number of aliphatic hydroxyl groups excluding tert-OH is 2. The number of fused-ring (bicyclic) bond motifs is 5. The van der Waals surface area contributed by atoms with Gasteiger partial charge in [0.1, 0.15) is 0 Å². The number of piperidine rings is 2. The molecule has 2 heterocycles. The molecule has 0 aromatic rings. The zero-order valence-corrected chi connectivity index (χ0v) is 21.4. The average molecular weight is 459 g/mol. The number of rotatable bonds is 2. The van der Waals surface area contributed by atoms with Crippen LogP contribution in [0, 0.1) is 34.5 Å². The van der Waals surface area contributed by atoms with Crippen molar-refractivity contribution < 1.29 is 10.2 Å². The van der Waals surface area contributed by atoms with E-state index in [9.17, 15) is 10.2 Å². The number of nitrogens with zero attached hydrogens (tertiary/aromatic N) is 2. The predicted octanol–water partition coefficient (Wildman–Crippen LogP) is 4.68. The molecule has 0 amide bonds. The third-order valence-electron chi connectivity index (χ3n) is 12.4. The zero-order valence-electron chi connectivity index (χ0n) is 21.4. The molecule has 0 radical (unpaired) electrons. The number of likely N-dealkylation sites (tertiary alicyclic amines) is 2. The zero-order chi connectivity index (χ0) is 22.8. The molecule has 6 fully saturated rings. The second-order valence-corrected chi connectivity index (χ2v) is 13.7. The maximum atomic E-state index is 11.6. The van der Waals surface area contributed by atoms with Crippen LogP contribution in [0.15, 0.2) is 0 Å². The van der Waals surface area contributed by atoms with Gasteiger partial charge in [-0.15, -0.1) is 0 Å². The molecule has 10 atom stereocenters. The summed E-state index contributed by atoms with van der Waals surface area (Å²) in [5.74, 6) is 2.97. The highest BCUT2D eigenvalue weighted by Crippen LogP contribution is 2.66. The highest BCUT2D eigenvalue weighted by atomic mass is 16.3. The quantitative estimate of drug-likeness (QED) is 0.631. The van der Waals surface area contributed by atoms with Crippen LogP contribution in [-0.2, 0) is 0 Å². The number of aliphatic hydroxyl groups is 2. The Morgan fingerprint density at radius 1 is 0.667 bits per heavy atom. The van der Waals surface area contributed by atoms with Gasteiger partial charge in [0.05, 0.1) is 12.2 Å². The summed E-state index contributed by atoms with van der Waals surface area (Å²) in [4.78, 5) is 5.33. The van der Waals surface area contributed by atoms with Crippen LogP contribution in [-0.4, -0.2) is 70.5 Å². The second-order valence-electron chi connectivity index (χ2n) is 13.7. The lowest BCUT2D eigenvalue weighted by Gasteiger charge is -2.62. The fraction of sp³-hybridized carbons (Fsp3) is 1.00. The van der Waals surface area contributed by atoms with Crippen LogP contribution >= 0.6 is 0 Å². The summed E-state index contributed by atoms with van der Waals surface area (Å²) >= 11 is 0. The van der Waals surface area contributed by atoms with E-state index in [1.807, 2.05) is 0 Å². The Morgan fingerprint density at radius 3 is 1.97 bits per heavy atom. The van der Waals surface area contributed by atoms with Crippen molar-refractivity contribution in [2.45, 2.75) is 122 Å². The van der Waals surface area contributed by atoms with Gasteiger partial charge in [-0.05, 0) is 131 Å². The monoisotopic (exact) mass is 458 g/mol. The van der Waals surface area contributed by atoms with Crippen molar-refractivity contribution in [2.24, 2.45) is 34.5 Å². The van der Waals surface area contributed by atoms with Gasteiger partial charge >= 0.3 is 0 Å². The van der Waals surface area contributed by atoms with Crippen molar-refractivity contribution in [2.75, 3.05) is 26.2 Å². The minimum atomic E-state index is -0.138. The van der Waals surface area contributed by atoms with Gasteiger partial charge in [-0.3, -0.25) is 9.80 Å². The van der Waals surface area contributed by atoms with Crippen LogP contribution < -0.4 is 0 Å². The summed E-state index contributed by atoms with van der Waals surface area (Å²) in [7, 11) is 0. The molecule has 2 aliphatic heterocycles. The van der Waals surface area contributed by atoms with Gasteiger partial charge < -0.3 is 10.2 Å². The number of hydrogen-bond donors (Lipinski definition) is 2. The van der Waals surface area contributed by atoms with E-state index in [-0.39, 0.29) is 17.6 Å². The minimum absolute atomic E-state index is 0.118. The first-order valence-corrected chi connectivity index (χ1v) is 14.8. The lowest BCUT2D eigenvalue weighted by molar-refractivity contribution is -0.154. The fourth-order valence-electron chi connectivity index (χ4n) is 10.5. The third-order valence-corrected chi connectivity index (χ3v) is 12.4. The molecular weight excluding hydrogens is 408 g/mol. The van der Waals surface area contributed by atoms with E-state index in [4.69, 9.17) is 0 Å². The van der Waals surface area contributed by atoms with E-state index in [0.29, 0.717) is 29.3 Å². The highest BCUT2D eigenvalue weighted by molar-refractivity contribution is 5.14. The van der Waals surface area contributed by atoms with Crippen LogP contribution in [0.5, 0.6) is 0 Å². The fourth-order valence-corrected chi connectivity index (χ4v) is 10.5. The van der Waals surface area contributed by atoms with Crippen LogP contribution in [0.4, 0.5) is 0 Å². The first-order valence-electron chi connectivity index (χ1n) is 14.8. The van der Waals surface area contributed by atoms with Gasteiger partial charge in [0.15, 0.2) is 0 Å². The van der Waals surface area contributed by atoms with Crippen molar-refractivity contribution in [1.82, 2.24) is 9.80 Å². The van der Waals surface area contributed by atoms with E-state index in [0.717, 1.165) is 18.3 Å². The molecule has 4 aliphatic carbocycles. The molecule has 0 spiro atoms. The molecule has 4 saturated carbocycles. The SMILES string of the molecule is C[C@]12CC(N3CCCCC3)C(O)C[C@@H]1CC[C@@H]1[C@@H]2CC[C@]2(C)C(O)C(N3CCCCC3)C[C@@H]12. The Balaban J connectivity index is 1.24. The Hall–Kier alpha value is -0.160. The first kappa shape index (κ1) is 23.3. The van der Waals surface area contributed by atoms with Crippen LogP contribution in [0.25, 0.3) is 0 Å². The van der Waals surface area contributed by atoms with Gasteiger partial charge in [0, 0.05) is 12.1 Å². The summed E-state index contributed by atoms with van der Waals surface area (Å²) in [5.41, 5.74) is 0.493. The van der Waals surface area contributed by atoms with Crippen LogP contribution in [0.1, 0.15) is 97.3 Å². The standard InChI is InChI=1S/C29H50N2O2/c1-28-12-11-22-21(23(28)18-24(27(28)33)30-13-5-3-6-14-30)10-9-20-17-26(32)25(19-29(20,22)2)31-15-7-4-8-16-31/h20-27,32-33H,3-19H2,1-2H3/t20-,21+,22-,23-,24?,25?,26?,27?,28-,29-/m0/s1. The van der Waals surface area contributed by atoms with Crippen molar-refractivity contribution in [3.8, 4) is 0 Å². The summed E-state index contributed by atoms with van der Waals surface area (Å²) in [6.45, 7) is 9.88. The topological polar surface area (TPSA) is 46.9 Å². The highest BCUT2D eigenvalue weighted by Gasteiger charge is 2.63. The van der Waals surface area contributed by atoms with Gasteiger partial charge in [0.25, 0.3) is 0 Å². The van der Waals surface area contributed by atoms with E-state index < -0.39 is 0 Å². The lowest BCUT2D eigenvalue weighted by atomic mass is 9.44. The molecule has 2 saturated heterocycles. The average Bonchev–Trinajstić information content (AvgIpc) is 3.11. The summed E-state index contributed by atoms with van der Waals surface area (Å²) < 4.78 is 0. The molecule has 0 aromatic heterocycles. The molecule has 188 valence electrons. The van der Waals surface area contributed by atoms with E-state index >= 15 is 0 Å². The molecule has 4 nitrogen and oxygen atoms in total. The van der Waals surface area contributed by atoms with E-state index in [2.05, 4.69) is 23.6 Å². The Labute approximate surface area is 202 Å². The molecule has 6 rings (SSSR count). The molecule has 0 bridgehead atoms. The number of hydrogen-bond acceptors (Lipinski definition) is 4. The molecular formula is C29H50N2O2. The summed E-state index contributed by atoms with van der Waals surface area (Å²) in [5, 5.41) is 22.8. The van der Waals surface area contributed by atoms with Crippen molar-refractivity contribution >= 4 is 0 Å². The second kappa shape index (κ2) is 8.75. The van der Waals surface area contributed by atoms with Crippen molar-refractivity contribution in [3.05, 3.63) is 0 Å². The van der Waals surface area contributed by atoms with Gasteiger partial charge in [0.2, 0.25) is 0 Å². The maximum Gasteiger partial charge on any atom is 0.0751 e. The molecule has 2 N–H and O–H groups in total. The smallest absolute Gasteiger partial charge is 0.0751 e. The lowest BCUT2D eigenvalue weighted by Crippen LogP contribution is -2.60. The maximum absolute atomic E-state index is 11.6. The van der Waals surface area contributed by atoms with Crippen LogP contribution in [0.3, 0.4) is 0 Å². The normalized spacial score (nSPS) is 53.8. The molecule has 33 heavy (non-hydrogen) atoms. The van der Waals surface area contributed by atoms with Gasteiger partial charge in [-0.1, -0.05) is 26.7 Å². The first-order chi connectivity index (χ1) is 15.9. The summed E-state index contributed by atoms with van der Waals surface area (Å²) in [6, 6.07) is 0.785. The molecule has 6 aliphatic rings. The van der Waals surface area contributed by atoms with Gasteiger partial charge in [-0.25, -0.2) is 0 Å². The van der Waals surface area contributed by atoms with Gasteiger partial charge in [-0.2, -0.15) is 0 Å². The largest absolute Gasteiger partial charge is 0.391 e. The summed E-state index contributed by atoms with van der Waals surface area (Å²) in [6.07, 6.45) is 16.4. The minimum Gasteiger partial charge on any atom is -0.391 e. The Kier molecular flexibility index (Phi) is 6.16. The Bertz CT molecular complexity index is 704. The molecule has 4 heteroatoms. The molecule has 0 aromatic carbocycles. The predicted molar refractivity (Wildman–Crippen MR) is 133 cm³/mol. The van der Waals surface area contributed by atoms with Crippen molar-refractivity contribution in [1.29, 1.82) is 0 Å². The van der Waals surface area contributed by atoms with Crippen LogP contribution in [0.2, 0.25) is 0 Å². The van der Waals surface area contributed by atoms with E-state index in [1.54, 1.807) is 0 Å². The van der Waals surface area contributed by atoms with E-state index in [1.165, 1.54) is 103 Å². The van der Waals surface area contributed by atoms with Crippen molar-refractivity contribution in [3.63, 3.8) is 0 Å². The molecule has 4 unspecified atom stereocenters. The Morgan fingerprint density at radius 2 is 1.30 bits per heavy atom. The third kappa shape index (κ3) is 3.67.